The second kappa shape index (κ2) is 7.80. The van der Waals surface area contributed by atoms with Gasteiger partial charge in [-0.1, -0.05) is 11.6 Å². The van der Waals surface area contributed by atoms with Gasteiger partial charge in [-0.05, 0) is 18.6 Å². The minimum atomic E-state index is -0.318. The Labute approximate surface area is 128 Å². The van der Waals surface area contributed by atoms with Crippen molar-refractivity contribution in [2.24, 2.45) is 0 Å². The molecule has 114 valence electrons. The summed E-state index contributed by atoms with van der Waals surface area (Å²) in [5.74, 6) is 0.0539. The summed E-state index contributed by atoms with van der Waals surface area (Å²) in [5, 5.41) is 8.41. The number of anilines is 1. The van der Waals surface area contributed by atoms with E-state index in [2.05, 4.69) is 25.8 Å². The number of pyridine rings is 1. The summed E-state index contributed by atoms with van der Waals surface area (Å²) in [7, 11) is 0. The van der Waals surface area contributed by atoms with E-state index in [0.717, 1.165) is 19.5 Å². The van der Waals surface area contributed by atoms with Crippen LogP contribution in [-0.4, -0.2) is 54.5 Å². The number of urea groups is 1. The molecule has 0 aliphatic carbocycles. The second-order valence-electron chi connectivity index (χ2n) is 4.70. The molecule has 0 unspecified atom stereocenters. The highest BCUT2D eigenvalue weighted by Gasteiger charge is 2.15. The summed E-state index contributed by atoms with van der Waals surface area (Å²) in [6.45, 7) is 3.27. The fourth-order valence-corrected chi connectivity index (χ4v) is 2.20. The van der Waals surface area contributed by atoms with Gasteiger partial charge in [-0.2, -0.15) is 0 Å². The molecule has 0 radical (unpaired) electrons. The number of nitrogens with one attached hydrogen (secondary N) is 3. The van der Waals surface area contributed by atoms with Gasteiger partial charge >= 0.3 is 6.03 Å². The number of hydrogen-bond acceptors (Lipinski definition) is 4. The van der Waals surface area contributed by atoms with E-state index in [0.29, 0.717) is 25.3 Å². The maximum Gasteiger partial charge on any atom is 0.319 e. The second-order valence-corrected chi connectivity index (χ2v) is 5.06. The molecule has 1 aliphatic heterocycles. The van der Waals surface area contributed by atoms with E-state index in [-0.39, 0.29) is 17.1 Å². The van der Waals surface area contributed by atoms with Crippen molar-refractivity contribution in [1.29, 1.82) is 0 Å². The van der Waals surface area contributed by atoms with Crippen molar-refractivity contribution in [3.63, 3.8) is 0 Å². The molecule has 1 saturated heterocycles. The number of hydrogen-bond donors (Lipinski definition) is 3. The Morgan fingerprint density at radius 2 is 2.38 bits per heavy atom. The minimum absolute atomic E-state index is 0.0539. The average molecular weight is 312 g/mol. The van der Waals surface area contributed by atoms with Crippen LogP contribution >= 0.6 is 11.6 Å². The number of aromatic nitrogens is 1. The van der Waals surface area contributed by atoms with Gasteiger partial charge in [0.25, 0.3) is 0 Å². The van der Waals surface area contributed by atoms with Crippen LogP contribution in [0.1, 0.15) is 6.42 Å². The van der Waals surface area contributed by atoms with Gasteiger partial charge < -0.3 is 16.0 Å². The maximum atomic E-state index is 11.7. The molecule has 1 fully saturated rings. The molecular formula is C13H18ClN5O2. The highest BCUT2D eigenvalue weighted by molar-refractivity contribution is 6.32. The van der Waals surface area contributed by atoms with Crippen LogP contribution in [0, 0.1) is 0 Å². The summed E-state index contributed by atoms with van der Waals surface area (Å²) in [5.41, 5.74) is 0.476. The molecule has 2 heterocycles. The smallest absolute Gasteiger partial charge is 0.319 e. The Bertz CT molecular complexity index is 511. The standard InChI is InChI=1S/C13H18ClN5O2/c14-12-10(3-1-4-16-12)18-13(21)17-5-2-7-19-8-6-15-11(20)9-19/h1,3-4H,2,5-9H2,(H,15,20)(H2,17,18,21). The van der Waals surface area contributed by atoms with E-state index >= 15 is 0 Å². The molecule has 0 aromatic carbocycles. The monoisotopic (exact) mass is 311 g/mol. The van der Waals surface area contributed by atoms with E-state index in [9.17, 15) is 9.59 Å². The van der Waals surface area contributed by atoms with Gasteiger partial charge in [-0.15, -0.1) is 0 Å². The molecule has 2 rings (SSSR count). The van der Waals surface area contributed by atoms with Crippen molar-refractivity contribution in [2.75, 3.05) is 38.0 Å². The average Bonchev–Trinajstić information content (AvgIpc) is 2.46. The molecular weight excluding hydrogens is 294 g/mol. The fraction of sp³-hybridized carbons (Fsp3) is 0.462. The lowest BCUT2D eigenvalue weighted by Crippen LogP contribution is -2.48. The lowest BCUT2D eigenvalue weighted by atomic mass is 10.3. The lowest BCUT2D eigenvalue weighted by Gasteiger charge is -2.26. The predicted octanol–water partition coefficient (Wildman–Crippen LogP) is 0.678. The Morgan fingerprint density at radius 3 is 3.14 bits per heavy atom. The Balaban J connectivity index is 1.63. The first kappa shape index (κ1) is 15.5. The van der Waals surface area contributed by atoms with E-state index in [1.54, 1.807) is 18.3 Å². The van der Waals surface area contributed by atoms with Gasteiger partial charge in [0.15, 0.2) is 5.15 Å². The zero-order chi connectivity index (χ0) is 15.1. The zero-order valence-electron chi connectivity index (χ0n) is 11.6. The molecule has 3 N–H and O–H groups in total. The summed E-state index contributed by atoms with van der Waals surface area (Å²) in [6.07, 6.45) is 2.33. The Hall–Kier alpha value is -1.86. The van der Waals surface area contributed by atoms with Crippen LogP contribution in [0.15, 0.2) is 18.3 Å². The first-order valence-electron chi connectivity index (χ1n) is 6.79. The number of piperazine rings is 1. The fourth-order valence-electron chi connectivity index (χ4n) is 2.03. The van der Waals surface area contributed by atoms with Gasteiger partial charge in [0.05, 0.1) is 12.2 Å². The largest absolute Gasteiger partial charge is 0.354 e. The maximum absolute atomic E-state index is 11.7. The first-order valence-corrected chi connectivity index (χ1v) is 7.17. The molecule has 1 aromatic rings. The van der Waals surface area contributed by atoms with Crippen molar-refractivity contribution >= 4 is 29.2 Å². The molecule has 0 spiro atoms. The SMILES string of the molecule is O=C1CN(CCCNC(=O)Nc2cccnc2Cl)CCN1. The molecule has 7 nitrogen and oxygen atoms in total. The number of carbonyl (C=O) groups is 2. The summed E-state index contributed by atoms with van der Waals surface area (Å²) >= 11 is 5.85. The number of halogens is 1. The van der Waals surface area contributed by atoms with E-state index in [1.165, 1.54) is 0 Å². The first-order chi connectivity index (χ1) is 10.1. The highest BCUT2D eigenvalue weighted by Crippen LogP contribution is 2.16. The van der Waals surface area contributed by atoms with Crippen molar-refractivity contribution in [2.45, 2.75) is 6.42 Å². The van der Waals surface area contributed by atoms with Crippen LogP contribution < -0.4 is 16.0 Å². The van der Waals surface area contributed by atoms with Crippen LogP contribution in [0.25, 0.3) is 0 Å². The zero-order valence-corrected chi connectivity index (χ0v) is 12.3. The van der Waals surface area contributed by atoms with Gasteiger partial charge in [0.1, 0.15) is 0 Å². The molecule has 21 heavy (non-hydrogen) atoms. The van der Waals surface area contributed by atoms with Crippen LogP contribution in [0.3, 0.4) is 0 Å². The van der Waals surface area contributed by atoms with Crippen LogP contribution in [0.5, 0.6) is 0 Å². The summed E-state index contributed by atoms with van der Waals surface area (Å²) < 4.78 is 0. The molecule has 0 saturated carbocycles. The van der Waals surface area contributed by atoms with Crippen molar-refractivity contribution in [3.05, 3.63) is 23.5 Å². The summed E-state index contributed by atoms with van der Waals surface area (Å²) in [4.78, 5) is 28.8. The van der Waals surface area contributed by atoms with Gasteiger partial charge in [0.2, 0.25) is 5.91 Å². The predicted molar refractivity (Wildman–Crippen MR) is 80.3 cm³/mol. The van der Waals surface area contributed by atoms with E-state index in [4.69, 9.17) is 11.6 Å². The van der Waals surface area contributed by atoms with Crippen molar-refractivity contribution in [1.82, 2.24) is 20.5 Å². The molecule has 8 heteroatoms. The van der Waals surface area contributed by atoms with Crippen LogP contribution in [0.2, 0.25) is 5.15 Å². The van der Waals surface area contributed by atoms with Crippen LogP contribution in [0.4, 0.5) is 10.5 Å². The topological polar surface area (TPSA) is 86.4 Å². The number of rotatable bonds is 5. The Morgan fingerprint density at radius 1 is 1.52 bits per heavy atom. The molecule has 1 aromatic heterocycles. The number of amides is 3. The number of nitrogens with zero attached hydrogens (tertiary/aromatic N) is 2. The van der Waals surface area contributed by atoms with Gasteiger partial charge in [0, 0.05) is 32.4 Å². The van der Waals surface area contributed by atoms with Crippen molar-refractivity contribution < 1.29 is 9.59 Å². The summed E-state index contributed by atoms with van der Waals surface area (Å²) in [6, 6.07) is 3.06. The minimum Gasteiger partial charge on any atom is -0.354 e. The highest BCUT2D eigenvalue weighted by atomic mass is 35.5. The number of carbonyl (C=O) groups excluding carboxylic acids is 2. The molecule has 1 aliphatic rings. The Kier molecular flexibility index (Phi) is 5.77. The third kappa shape index (κ3) is 5.20. The molecule has 0 atom stereocenters. The molecule has 3 amide bonds. The van der Waals surface area contributed by atoms with E-state index in [1.807, 2.05) is 0 Å². The normalized spacial score (nSPS) is 15.4. The van der Waals surface area contributed by atoms with Crippen LogP contribution in [-0.2, 0) is 4.79 Å². The quantitative estimate of drug-likeness (QED) is 0.551. The van der Waals surface area contributed by atoms with Gasteiger partial charge in [-0.25, -0.2) is 9.78 Å². The third-order valence-electron chi connectivity index (χ3n) is 3.06. The van der Waals surface area contributed by atoms with Gasteiger partial charge in [-0.3, -0.25) is 9.69 Å². The lowest BCUT2D eigenvalue weighted by molar-refractivity contribution is -0.124. The molecule has 0 bridgehead atoms. The van der Waals surface area contributed by atoms with Crippen molar-refractivity contribution in [3.8, 4) is 0 Å². The third-order valence-corrected chi connectivity index (χ3v) is 3.36. The van der Waals surface area contributed by atoms with E-state index < -0.39 is 0 Å².